The molecule has 0 aliphatic carbocycles. The van der Waals surface area contributed by atoms with Crippen LogP contribution in [0.5, 0.6) is 0 Å². The summed E-state index contributed by atoms with van der Waals surface area (Å²) in [4.78, 5) is 4.01. The molecule has 0 aromatic carbocycles. The van der Waals surface area contributed by atoms with Crippen molar-refractivity contribution in [3.8, 4) is 0 Å². The van der Waals surface area contributed by atoms with Gasteiger partial charge in [-0.2, -0.15) is 0 Å². The summed E-state index contributed by atoms with van der Waals surface area (Å²) in [5.74, 6) is 2.03. The van der Waals surface area contributed by atoms with E-state index in [1.165, 1.54) is 5.56 Å². The summed E-state index contributed by atoms with van der Waals surface area (Å²) in [6, 6.07) is 8.42. The highest BCUT2D eigenvalue weighted by atomic mass is 16.3. The zero-order chi connectivity index (χ0) is 12.1. The van der Waals surface area contributed by atoms with Gasteiger partial charge in [0.05, 0.1) is 6.54 Å². The van der Waals surface area contributed by atoms with Crippen molar-refractivity contribution in [2.45, 2.75) is 32.9 Å². The Hall–Kier alpha value is -1.61. The smallest absolute Gasteiger partial charge is 0.117 e. The SMILES string of the molecule is CCc1ccc(CN[C@@H](C)c2ccncc2)o1. The predicted octanol–water partition coefficient (Wildman–Crippen LogP) is 3.09. The third kappa shape index (κ3) is 3.17. The van der Waals surface area contributed by atoms with Gasteiger partial charge in [0.15, 0.2) is 0 Å². The van der Waals surface area contributed by atoms with Gasteiger partial charge in [-0.05, 0) is 36.8 Å². The third-order valence-corrected chi connectivity index (χ3v) is 2.85. The van der Waals surface area contributed by atoms with Crippen molar-refractivity contribution in [3.05, 3.63) is 53.7 Å². The Labute approximate surface area is 102 Å². The van der Waals surface area contributed by atoms with Gasteiger partial charge >= 0.3 is 0 Å². The summed E-state index contributed by atoms with van der Waals surface area (Å²) >= 11 is 0. The van der Waals surface area contributed by atoms with Crippen LogP contribution in [0.1, 0.15) is 37.0 Å². The number of nitrogens with one attached hydrogen (secondary N) is 1. The lowest BCUT2D eigenvalue weighted by Gasteiger charge is -2.12. The molecule has 0 amide bonds. The largest absolute Gasteiger partial charge is 0.465 e. The van der Waals surface area contributed by atoms with E-state index in [0.29, 0.717) is 6.04 Å². The average Bonchev–Trinajstić information content (AvgIpc) is 2.85. The van der Waals surface area contributed by atoms with Gasteiger partial charge in [-0.3, -0.25) is 4.98 Å². The molecule has 0 spiro atoms. The fourth-order valence-electron chi connectivity index (χ4n) is 1.73. The van der Waals surface area contributed by atoms with Gasteiger partial charge in [0, 0.05) is 24.9 Å². The first kappa shape index (κ1) is 11.9. The van der Waals surface area contributed by atoms with E-state index >= 15 is 0 Å². The summed E-state index contributed by atoms with van der Waals surface area (Å²) in [7, 11) is 0. The van der Waals surface area contributed by atoms with E-state index < -0.39 is 0 Å². The van der Waals surface area contributed by atoms with E-state index in [1.54, 1.807) is 0 Å². The zero-order valence-electron chi connectivity index (χ0n) is 10.3. The van der Waals surface area contributed by atoms with Crippen molar-refractivity contribution in [1.29, 1.82) is 0 Å². The summed E-state index contributed by atoms with van der Waals surface area (Å²) in [5.41, 5.74) is 1.24. The highest BCUT2D eigenvalue weighted by Gasteiger charge is 2.06. The van der Waals surface area contributed by atoms with Crippen molar-refractivity contribution in [2.75, 3.05) is 0 Å². The number of furan rings is 1. The van der Waals surface area contributed by atoms with Crippen molar-refractivity contribution in [2.24, 2.45) is 0 Å². The van der Waals surface area contributed by atoms with Gasteiger partial charge < -0.3 is 9.73 Å². The van der Waals surface area contributed by atoms with Crippen LogP contribution in [0.3, 0.4) is 0 Å². The van der Waals surface area contributed by atoms with E-state index in [1.807, 2.05) is 36.7 Å². The van der Waals surface area contributed by atoms with Crippen LogP contribution in [0.15, 0.2) is 41.1 Å². The average molecular weight is 230 g/mol. The summed E-state index contributed by atoms with van der Waals surface area (Å²) < 4.78 is 5.64. The van der Waals surface area contributed by atoms with Crippen LogP contribution in [-0.2, 0) is 13.0 Å². The summed E-state index contributed by atoms with van der Waals surface area (Å²) in [6.45, 7) is 4.98. The Kier molecular flexibility index (Phi) is 3.94. The monoisotopic (exact) mass is 230 g/mol. The predicted molar refractivity (Wildman–Crippen MR) is 67.6 cm³/mol. The number of pyridine rings is 1. The number of aryl methyl sites for hydroxylation is 1. The van der Waals surface area contributed by atoms with E-state index in [0.717, 1.165) is 24.5 Å². The maximum atomic E-state index is 5.64. The second-order valence-corrected chi connectivity index (χ2v) is 4.10. The molecular formula is C14H18N2O. The van der Waals surface area contributed by atoms with Crippen molar-refractivity contribution in [1.82, 2.24) is 10.3 Å². The molecule has 0 radical (unpaired) electrons. The highest BCUT2D eigenvalue weighted by Crippen LogP contribution is 2.13. The van der Waals surface area contributed by atoms with Gasteiger partial charge in [-0.25, -0.2) is 0 Å². The van der Waals surface area contributed by atoms with Gasteiger partial charge in [-0.15, -0.1) is 0 Å². The Balaban J connectivity index is 1.90. The van der Waals surface area contributed by atoms with Crippen molar-refractivity contribution < 1.29 is 4.42 Å². The van der Waals surface area contributed by atoms with Gasteiger partial charge in [0.1, 0.15) is 11.5 Å². The fraction of sp³-hybridized carbons (Fsp3) is 0.357. The molecule has 0 bridgehead atoms. The Morgan fingerprint density at radius 3 is 2.53 bits per heavy atom. The summed E-state index contributed by atoms with van der Waals surface area (Å²) in [6.07, 6.45) is 4.57. The molecule has 17 heavy (non-hydrogen) atoms. The van der Waals surface area contributed by atoms with Crippen LogP contribution < -0.4 is 5.32 Å². The van der Waals surface area contributed by atoms with E-state index in [-0.39, 0.29) is 0 Å². The van der Waals surface area contributed by atoms with Crippen molar-refractivity contribution in [3.63, 3.8) is 0 Å². The molecule has 2 rings (SSSR count). The van der Waals surface area contributed by atoms with Crippen LogP contribution in [-0.4, -0.2) is 4.98 Å². The minimum Gasteiger partial charge on any atom is -0.465 e. The zero-order valence-corrected chi connectivity index (χ0v) is 10.3. The van der Waals surface area contributed by atoms with E-state index in [2.05, 4.69) is 24.1 Å². The standard InChI is InChI=1S/C14H18N2O/c1-3-13-4-5-14(17-13)10-16-11(2)12-6-8-15-9-7-12/h4-9,11,16H,3,10H2,1-2H3/t11-/m0/s1. The molecule has 0 aliphatic heterocycles. The Morgan fingerprint density at radius 2 is 1.88 bits per heavy atom. The molecule has 0 saturated carbocycles. The molecule has 90 valence electrons. The minimum absolute atomic E-state index is 0.299. The molecule has 3 nitrogen and oxygen atoms in total. The van der Waals surface area contributed by atoms with Crippen LogP contribution in [0.25, 0.3) is 0 Å². The first-order valence-electron chi connectivity index (χ1n) is 6.00. The number of nitrogens with zero attached hydrogens (tertiary/aromatic N) is 1. The first-order valence-corrected chi connectivity index (χ1v) is 6.00. The topological polar surface area (TPSA) is 38.1 Å². The number of hydrogen-bond acceptors (Lipinski definition) is 3. The molecule has 0 unspecified atom stereocenters. The quantitative estimate of drug-likeness (QED) is 0.857. The van der Waals surface area contributed by atoms with Crippen LogP contribution in [0.2, 0.25) is 0 Å². The number of aromatic nitrogens is 1. The second kappa shape index (κ2) is 5.64. The van der Waals surface area contributed by atoms with Gasteiger partial charge in [0.25, 0.3) is 0 Å². The van der Waals surface area contributed by atoms with Gasteiger partial charge in [0.2, 0.25) is 0 Å². The normalized spacial score (nSPS) is 12.6. The minimum atomic E-state index is 0.299. The molecular weight excluding hydrogens is 212 g/mol. The molecule has 0 saturated heterocycles. The lowest BCUT2D eigenvalue weighted by Crippen LogP contribution is -2.17. The molecule has 3 heteroatoms. The van der Waals surface area contributed by atoms with Crippen molar-refractivity contribution >= 4 is 0 Å². The lowest BCUT2D eigenvalue weighted by molar-refractivity contribution is 0.435. The third-order valence-electron chi connectivity index (χ3n) is 2.85. The van der Waals surface area contributed by atoms with E-state index in [9.17, 15) is 0 Å². The molecule has 1 atom stereocenters. The first-order chi connectivity index (χ1) is 8.29. The molecule has 0 fully saturated rings. The lowest BCUT2D eigenvalue weighted by atomic mass is 10.1. The fourth-order valence-corrected chi connectivity index (χ4v) is 1.73. The van der Waals surface area contributed by atoms with Crippen LogP contribution >= 0.6 is 0 Å². The second-order valence-electron chi connectivity index (χ2n) is 4.10. The maximum absolute atomic E-state index is 5.64. The van der Waals surface area contributed by atoms with Crippen LogP contribution in [0, 0.1) is 0 Å². The molecule has 2 aromatic heterocycles. The molecule has 0 aliphatic rings. The maximum Gasteiger partial charge on any atom is 0.117 e. The Morgan fingerprint density at radius 1 is 1.18 bits per heavy atom. The molecule has 2 aromatic rings. The Bertz CT molecular complexity index is 450. The summed E-state index contributed by atoms with van der Waals surface area (Å²) in [5, 5.41) is 3.43. The number of hydrogen-bond donors (Lipinski definition) is 1. The highest BCUT2D eigenvalue weighted by molar-refractivity contribution is 5.14. The van der Waals surface area contributed by atoms with Gasteiger partial charge in [-0.1, -0.05) is 6.92 Å². The molecule has 1 N–H and O–H groups in total. The molecule has 2 heterocycles. The van der Waals surface area contributed by atoms with E-state index in [4.69, 9.17) is 4.42 Å². The number of rotatable bonds is 5. The van der Waals surface area contributed by atoms with Crippen LogP contribution in [0.4, 0.5) is 0 Å².